The van der Waals surface area contributed by atoms with E-state index in [0.29, 0.717) is 23.8 Å². The Labute approximate surface area is 104 Å². The second kappa shape index (κ2) is 4.89. The number of carboxylic acids is 1. The van der Waals surface area contributed by atoms with E-state index in [9.17, 15) is 4.79 Å². The fourth-order valence-corrected chi connectivity index (χ4v) is 2.11. The lowest BCUT2D eigenvalue weighted by Crippen LogP contribution is -2.36. The summed E-state index contributed by atoms with van der Waals surface area (Å²) in [6, 6.07) is 2.83. The number of halogens is 1. The second-order valence-electron chi connectivity index (χ2n) is 3.93. The van der Waals surface area contributed by atoms with E-state index in [1.165, 1.54) is 6.20 Å². The summed E-state index contributed by atoms with van der Waals surface area (Å²) < 4.78 is 5.21. The molecule has 0 bridgehead atoms. The largest absolute Gasteiger partial charge is 0.480 e. The van der Waals surface area contributed by atoms with Crippen molar-refractivity contribution in [1.29, 1.82) is 0 Å². The molecule has 0 amide bonds. The molecule has 2 unspecified atom stereocenters. The maximum atomic E-state index is 11.2. The van der Waals surface area contributed by atoms with E-state index < -0.39 is 12.0 Å². The predicted octanol–water partition coefficient (Wildman–Crippen LogP) is 1.41. The summed E-state index contributed by atoms with van der Waals surface area (Å²) in [6.45, 7) is 0.530. The first-order valence-corrected chi connectivity index (χ1v) is 5.63. The van der Waals surface area contributed by atoms with Crippen LogP contribution >= 0.6 is 11.6 Å². The van der Waals surface area contributed by atoms with Crippen molar-refractivity contribution in [3.63, 3.8) is 0 Å². The van der Waals surface area contributed by atoms with Gasteiger partial charge in [0.1, 0.15) is 11.9 Å². The molecule has 1 aromatic rings. The molecule has 0 saturated carbocycles. The number of aliphatic carboxylic acids is 1. The lowest BCUT2D eigenvalue weighted by molar-refractivity contribution is -0.138. The Bertz CT molecular complexity index is 410. The molecule has 0 aromatic carbocycles. The van der Waals surface area contributed by atoms with Gasteiger partial charge in [-0.25, -0.2) is 9.78 Å². The van der Waals surface area contributed by atoms with Crippen LogP contribution in [-0.2, 0) is 9.53 Å². The van der Waals surface area contributed by atoms with Crippen molar-refractivity contribution in [2.75, 3.05) is 18.6 Å². The first-order valence-electron chi connectivity index (χ1n) is 5.25. The number of pyridine rings is 1. The molecular weight excluding hydrogens is 244 g/mol. The van der Waals surface area contributed by atoms with E-state index in [0.717, 1.165) is 0 Å². The molecule has 1 aromatic heterocycles. The molecule has 2 atom stereocenters. The summed E-state index contributed by atoms with van der Waals surface area (Å²) in [4.78, 5) is 17.0. The minimum atomic E-state index is -0.860. The summed E-state index contributed by atoms with van der Waals surface area (Å²) in [5.74, 6) is -0.248. The normalized spacial score (nSPS) is 24.0. The molecule has 6 heteroatoms. The van der Waals surface area contributed by atoms with Crippen molar-refractivity contribution >= 4 is 23.4 Å². The van der Waals surface area contributed by atoms with Gasteiger partial charge in [0.15, 0.2) is 0 Å². The quantitative estimate of drug-likeness (QED) is 0.886. The van der Waals surface area contributed by atoms with E-state index in [2.05, 4.69) is 4.98 Å². The van der Waals surface area contributed by atoms with Crippen molar-refractivity contribution in [1.82, 2.24) is 4.98 Å². The fourth-order valence-electron chi connectivity index (χ4n) is 1.99. The third kappa shape index (κ3) is 2.50. The Morgan fingerprint density at radius 1 is 1.65 bits per heavy atom. The van der Waals surface area contributed by atoms with Gasteiger partial charge < -0.3 is 14.7 Å². The zero-order chi connectivity index (χ0) is 12.4. The summed E-state index contributed by atoms with van der Waals surface area (Å²) >= 11 is 5.75. The van der Waals surface area contributed by atoms with Gasteiger partial charge in [0.2, 0.25) is 0 Å². The smallest absolute Gasteiger partial charge is 0.326 e. The third-order valence-electron chi connectivity index (χ3n) is 2.89. The third-order valence-corrected chi connectivity index (χ3v) is 3.11. The molecule has 0 aliphatic carbocycles. The average molecular weight is 257 g/mol. The molecule has 5 nitrogen and oxygen atoms in total. The van der Waals surface area contributed by atoms with Crippen LogP contribution in [0.5, 0.6) is 0 Å². The van der Waals surface area contributed by atoms with Gasteiger partial charge in [-0.05, 0) is 12.1 Å². The minimum absolute atomic E-state index is 0.0754. The van der Waals surface area contributed by atoms with Crippen molar-refractivity contribution < 1.29 is 14.6 Å². The molecule has 92 valence electrons. The monoisotopic (exact) mass is 256 g/mol. The van der Waals surface area contributed by atoms with Gasteiger partial charge in [-0.3, -0.25) is 0 Å². The van der Waals surface area contributed by atoms with Crippen LogP contribution in [-0.4, -0.2) is 41.9 Å². The number of aromatic nitrogens is 1. The van der Waals surface area contributed by atoms with Gasteiger partial charge in [0, 0.05) is 26.3 Å². The molecule has 1 aliphatic rings. The predicted molar refractivity (Wildman–Crippen MR) is 63.4 cm³/mol. The van der Waals surface area contributed by atoms with Crippen LogP contribution in [0.25, 0.3) is 0 Å². The van der Waals surface area contributed by atoms with Crippen molar-refractivity contribution in [2.24, 2.45) is 0 Å². The van der Waals surface area contributed by atoms with Crippen LogP contribution in [0.4, 0.5) is 5.82 Å². The van der Waals surface area contributed by atoms with E-state index in [4.69, 9.17) is 21.4 Å². The van der Waals surface area contributed by atoms with Crippen LogP contribution in [0.1, 0.15) is 6.42 Å². The van der Waals surface area contributed by atoms with Crippen molar-refractivity contribution in [3.8, 4) is 0 Å². The summed E-state index contributed by atoms with van der Waals surface area (Å²) in [5.41, 5.74) is 0. The van der Waals surface area contributed by atoms with Gasteiger partial charge in [-0.15, -0.1) is 0 Å². The zero-order valence-electron chi connectivity index (χ0n) is 9.34. The number of rotatable bonds is 3. The molecule has 1 N–H and O–H groups in total. The Kier molecular flexibility index (Phi) is 3.49. The number of methoxy groups -OCH3 is 1. The number of ether oxygens (including phenoxy) is 1. The van der Waals surface area contributed by atoms with Gasteiger partial charge in [0.25, 0.3) is 0 Å². The van der Waals surface area contributed by atoms with Gasteiger partial charge in [-0.1, -0.05) is 11.6 Å². The highest BCUT2D eigenvalue weighted by molar-refractivity contribution is 6.30. The minimum Gasteiger partial charge on any atom is -0.480 e. The number of anilines is 1. The van der Waals surface area contributed by atoms with Crippen molar-refractivity contribution in [3.05, 3.63) is 23.4 Å². The molecule has 2 rings (SSSR count). The van der Waals surface area contributed by atoms with Crippen LogP contribution < -0.4 is 4.90 Å². The van der Waals surface area contributed by atoms with Gasteiger partial charge >= 0.3 is 5.97 Å². The second-order valence-corrected chi connectivity index (χ2v) is 4.37. The van der Waals surface area contributed by atoms with Crippen LogP contribution in [0, 0.1) is 0 Å². The number of carboxylic acid groups (broad SMARTS) is 1. The topological polar surface area (TPSA) is 62.7 Å². The SMILES string of the molecule is COC1CC(C(=O)O)N(c2ccc(Cl)cn2)C1. The van der Waals surface area contributed by atoms with Gasteiger partial charge in [0.05, 0.1) is 11.1 Å². The fraction of sp³-hybridized carbons (Fsp3) is 0.455. The van der Waals surface area contributed by atoms with Crippen LogP contribution in [0.15, 0.2) is 18.3 Å². The molecule has 2 heterocycles. The number of carbonyl (C=O) groups is 1. The summed E-state index contributed by atoms with van der Waals surface area (Å²) in [5, 5.41) is 9.69. The summed E-state index contributed by atoms with van der Waals surface area (Å²) in [7, 11) is 1.59. The number of nitrogens with zero attached hydrogens (tertiary/aromatic N) is 2. The standard InChI is InChI=1S/C11H13ClN2O3/c1-17-8-4-9(11(15)16)14(6-8)10-3-2-7(12)5-13-10/h2-3,5,8-9H,4,6H2,1H3,(H,15,16). The lowest BCUT2D eigenvalue weighted by atomic mass is 10.2. The average Bonchev–Trinajstić information content (AvgIpc) is 2.74. The molecule has 1 aliphatic heterocycles. The van der Waals surface area contributed by atoms with E-state index >= 15 is 0 Å². The van der Waals surface area contributed by atoms with E-state index in [1.54, 1.807) is 24.1 Å². The van der Waals surface area contributed by atoms with Crippen LogP contribution in [0.2, 0.25) is 5.02 Å². The highest BCUT2D eigenvalue weighted by atomic mass is 35.5. The lowest BCUT2D eigenvalue weighted by Gasteiger charge is -2.22. The zero-order valence-corrected chi connectivity index (χ0v) is 10.1. The maximum absolute atomic E-state index is 11.2. The highest BCUT2D eigenvalue weighted by Gasteiger charge is 2.37. The van der Waals surface area contributed by atoms with E-state index in [1.807, 2.05) is 0 Å². The molecule has 1 saturated heterocycles. The summed E-state index contributed by atoms with van der Waals surface area (Å²) in [6.07, 6.45) is 1.90. The molecule has 0 radical (unpaired) electrons. The van der Waals surface area contributed by atoms with Crippen molar-refractivity contribution in [2.45, 2.75) is 18.6 Å². The first-order chi connectivity index (χ1) is 8.11. The van der Waals surface area contributed by atoms with E-state index in [-0.39, 0.29) is 6.10 Å². The number of hydrogen-bond donors (Lipinski definition) is 1. The van der Waals surface area contributed by atoms with Gasteiger partial charge in [-0.2, -0.15) is 0 Å². The Hall–Kier alpha value is -1.33. The first kappa shape index (κ1) is 12.1. The Balaban J connectivity index is 2.23. The Morgan fingerprint density at radius 3 is 2.94 bits per heavy atom. The highest BCUT2D eigenvalue weighted by Crippen LogP contribution is 2.26. The molecule has 0 spiro atoms. The van der Waals surface area contributed by atoms with Crippen LogP contribution in [0.3, 0.4) is 0 Å². The molecular formula is C11H13ClN2O3. The molecule has 17 heavy (non-hydrogen) atoms. The Morgan fingerprint density at radius 2 is 2.41 bits per heavy atom. The number of hydrogen-bond acceptors (Lipinski definition) is 4. The maximum Gasteiger partial charge on any atom is 0.326 e. The molecule has 1 fully saturated rings.